The van der Waals surface area contributed by atoms with Crippen LogP contribution in [-0.4, -0.2) is 15.3 Å². The molecule has 0 radical (unpaired) electrons. The maximum Gasteiger partial charge on any atom is 0.103 e. The van der Waals surface area contributed by atoms with E-state index in [0.717, 1.165) is 10.6 Å². The lowest BCUT2D eigenvalue weighted by molar-refractivity contribution is 0.284. The maximum absolute atomic E-state index is 9.25. The topological polar surface area (TPSA) is 33.1 Å². The van der Waals surface area contributed by atoms with Gasteiger partial charge in [0.2, 0.25) is 0 Å². The summed E-state index contributed by atoms with van der Waals surface area (Å²) in [5, 5.41) is 11.1. The zero-order valence-electron chi connectivity index (χ0n) is 9.19. The van der Waals surface area contributed by atoms with Crippen molar-refractivity contribution < 1.29 is 5.11 Å². The van der Waals surface area contributed by atoms with E-state index in [1.807, 2.05) is 11.8 Å². The summed E-state index contributed by atoms with van der Waals surface area (Å²) >= 11 is 3.60. The first-order chi connectivity index (χ1) is 7.20. The first kappa shape index (κ1) is 11.4. The predicted molar refractivity (Wildman–Crippen MR) is 66.4 cm³/mol. The van der Waals surface area contributed by atoms with Crippen LogP contribution in [0.3, 0.4) is 0 Å². The normalized spacial score (nSPS) is 16.3. The van der Waals surface area contributed by atoms with E-state index in [1.54, 1.807) is 11.3 Å². The number of nitrogens with zero attached hydrogens (tertiary/aromatic N) is 1. The van der Waals surface area contributed by atoms with Crippen LogP contribution in [0.2, 0.25) is 0 Å². The summed E-state index contributed by atoms with van der Waals surface area (Å²) in [5.41, 5.74) is 1.18. The Kier molecular flexibility index (Phi) is 3.69. The van der Waals surface area contributed by atoms with Gasteiger partial charge in [-0.05, 0) is 18.1 Å². The number of aliphatic hydroxyl groups is 1. The standard InChI is InChI=1S/C11H17NOS2/c1-7(2)14-6-10-12-11(8-3-4-8)9(5-13)15-10/h7-8,13H,3-6H2,1-2H3. The van der Waals surface area contributed by atoms with E-state index < -0.39 is 0 Å². The van der Waals surface area contributed by atoms with Crippen molar-refractivity contribution in [3.05, 3.63) is 15.6 Å². The van der Waals surface area contributed by atoms with Crippen LogP contribution in [-0.2, 0) is 12.4 Å². The lowest BCUT2D eigenvalue weighted by Gasteiger charge is -2.00. The summed E-state index contributed by atoms with van der Waals surface area (Å²) in [6, 6.07) is 0. The van der Waals surface area contributed by atoms with Crippen LogP contribution in [0.1, 0.15) is 48.2 Å². The molecule has 0 bridgehead atoms. The lowest BCUT2D eigenvalue weighted by Crippen LogP contribution is -1.89. The Morgan fingerprint density at radius 1 is 1.53 bits per heavy atom. The van der Waals surface area contributed by atoms with E-state index in [9.17, 15) is 5.11 Å². The molecule has 84 valence electrons. The molecule has 0 aromatic carbocycles. The van der Waals surface area contributed by atoms with E-state index in [1.165, 1.54) is 23.5 Å². The molecule has 0 spiro atoms. The first-order valence-corrected chi connectivity index (χ1v) is 7.28. The molecule has 0 atom stereocenters. The highest BCUT2D eigenvalue weighted by Crippen LogP contribution is 2.43. The number of aromatic nitrogens is 1. The summed E-state index contributed by atoms with van der Waals surface area (Å²) in [7, 11) is 0. The van der Waals surface area contributed by atoms with E-state index in [-0.39, 0.29) is 6.61 Å². The van der Waals surface area contributed by atoms with E-state index in [2.05, 4.69) is 18.8 Å². The minimum Gasteiger partial charge on any atom is -0.391 e. The minimum atomic E-state index is 0.163. The number of hydrogen-bond donors (Lipinski definition) is 1. The molecule has 1 fully saturated rings. The van der Waals surface area contributed by atoms with Crippen molar-refractivity contribution in [2.24, 2.45) is 0 Å². The highest BCUT2D eigenvalue weighted by atomic mass is 32.2. The van der Waals surface area contributed by atoms with Gasteiger partial charge in [0.15, 0.2) is 0 Å². The van der Waals surface area contributed by atoms with Gasteiger partial charge in [-0.2, -0.15) is 11.8 Å². The summed E-state index contributed by atoms with van der Waals surface area (Å²) in [6.07, 6.45) is 2.51. The van der Waals surface area contributed by atoms with Crippen LogP contribution < -0.4 is 0 Å². The molecule has 1 heterocycles. The second-order valence-electron chi connectivity index (χ2n) is 4.21. The van der Waals surface area contributed by atoms with Crippen molar-refractivity contribution in [2.75, 3.05) is 0 Å². The maximum atomic E-state index is 9.25. The Hall–Kier alpha value is -0.0600. The van der Waals surface area contributed by atoms with Gasteiger partial charge in [-0.15, -0.1) is 11.3 Å². The van der Waals surface area contributed by atoms with Crippen molar-refractivity contribution in [1.29, 1.82) is 0 Å². The van der Waals surface area contributed by atoms with Crippen LogP contribution >= 0.6 is 23.1 Å². The molecule has 0 saturated heterocycles. The largest absolute Gasteiger partial charge is 0.391 e. The fourth-order valence-corrected chi connectivity index (χ4v) is 3.29. The van der Waals surface area contributed by atoms with Gasteiger partial charge in [0.25, 0.3) is 0 Å². The number of thiazole rings is 1. The lowest BCUT2D eigenvalue weighted by atomic mass is 10.2. The second kappa shape index (κ2) is 4.85. The Balaban J connectivity index is 2.05. The molecule has 1 aromatic heterocycles. The number of thioether (sulfide) groups is 1. The SMILES string of the molecule is CC(C)SCc1nc(C2CC2)c(CO)s1. The Morgan fingerprint density at radius 3 is 2.80 bits per heavy atom. The van der Waals surface area contributed by atoms with Crippen LogP contribution in [0.5, 0.6) is 0 Å². The van der Waals surface area contributed by atoms with Gasteiger partial charge in [-0.1, -0.05) is 13.8 Å². The second-order valence-corrected chi connectivity index (χ2v) is 6.94. The van der Waals surface area contributed by atoms with Crippen molar-refractivity contribution in [2.45, 2.75) is 50.2 Å². The highest BCUT2D eigenvalue weighted by molar-refractivity contribution is 7.99. The van der Waals surface area contributed by atoms with Gasteiger partial charge in [-0.3, -0.25) is 0 Å². The summed E-state index contributed by atoms with van der Waals surface area (Å²) in [5.74, 6) is 1.64. The van der Waals surface area contributed by atoms with Gasteiger partial charge in [0.05, 0.1) is 17.2 Å². The van der Waals surface area contributed by atoms with Gasteiger partial charge in [-0.25, -0.2) is 4.98 Å². The average molecular weight is 243 g/mol. The summed E-state index contributed by atoms with van der Waals surface area (Å²) in [6.45, 7) is 4.57. The molecule has 4 heteroatoms. The summed E-state index contributed by atoms with van der Waals surface area (Å²) < 4.78 is 0. The van der Waals surface area contributed by atoms with E-state index in [0.29, 0.717) is 11.2 Å². The number of aliphatic hydroxyl groups excluding tert-OH is 1. The molecule has 15 heavy (non-hydrogen) atoms. The third kappa shape index (κ3) is 2.95. The van der Waals surface area contributed by atoms with Gasteiger partial charge < -0.3 is 5.11 Å². The monoisotopic (exact) mass is 243 g/mol. The third-order valence-corrected chi connectivity index (χ3v) is 4.77. The number of rotatable bonds is 5. The molecule has 1 aliphatic rings. The molecule has 2 nitrogen and oxygen atoms in total. The van der Waals surface area contributed by atoms with Crippen LogP contribution in [0, 0.1) is 0 Å². The van der Waals surface area contributed by atoms with Crippen LogP contribution in [0.4, 0.5) is 0 Å². The van der Waals surface area contributed by atoms with Gasteiger partial charge in [0, 0.05) is 11.7 Å². The molecule has 1 saturated carbocycles. The average Bonchev–Trinajstić information content (AvgIpc) is 2.96. The predicted octanol–water partition coefficient (Wildman–Crippen LogP) is 3.15. The van der Waals surface area contributed by atoms with Crippen LogP contribution in [0.25, 0.3) is 0 Å². The smallest absolute Gasteiger partial charge is 0.103 e. The van der Waals surface area contributed by atoms with Crippen molar-refractivity contribution >= 4 is 23.1 Å². The Labute approximate surface area is 99.1 Å². The fourth-order valence-electron chi connectivity index (χ4n) is 1.50. The molecule has 0 unspecified atom stereocenters. The van der Waals surface area contributed by atoms with Crippen LogP contribution in [0.15, 0.2) is 0 Å². The zero-order valence-corrected chi connectivity index (χ0v) is 10.8. The number of hydrogen-bond acceptors (Lipinski definition) is 4. The molecular weight excluding hydrogens is 226 g/mol. The zero-order chi connectivity index (χ0) is 10.8. The molecule has 1 N–H and O–H groups in total. The Bertz CT molecular complexity index is 331. The minimum absolute atomic E-state index is 0.163. The van der Waals surface area contributed by atoms with E-state index in [4.69, 9.17) is 0 Å². The Morgan fingerprint density at radius 2 is 2.27 bits per heavy atom. The molecule has 2 rings (SSSR count). The molecule has 1 aromatic rings. The van der Waals surface area contributed by atoms with Gasteiger partial charge in [0.1, 0.15) is 5.01 Å². The van der Waals surface area contributed by atoms with E-state index >= 15 is 0 Å². The molecule has 0 amide bonds. The van der Waals surface area contributed by atoms with Gasteiger partial charge >= 0.3 is 0 Å². The fraction of sp³-hybridized carbons (Fsp3) is 0.727. The quantitative estimate of drug-likeness (QED) is 0.862. The first-order valence-electron chi connectivity index (χ1n) is 5.41. The molecular formula is C11H17NOS2. The molecule has 0 aliphatic heterocycles. The van der Waals surface area contributed by atoms with Crippen molar-refractivity contribution in [3.63, 3.8) is 0 Å². The highest BCUT2D eigenvalue weighted by Gasteiger charge is 2.29. The van der Waals surface area contributed by atoms with Crippen molar-refractivity contribution in [3.8, 4) is 0 Å². The molecule has 1 aliphatic carbocycles. The van der Waals surface area contributed by atoms with Crippen molar-refractivity contribution in [1.82, 2.24) is 4.98 Å². The summed E-state index contributed by atoms with van der Waals surface area (Å²) in [4.78, 5) is 5.75. The third-order valence-electron chi connectivity index (χ3n) is 2.42.